The average molecular weight is 424 g/mol. The molecule has 0 spiro atoms. The van der Waals surface area contributed by atoms with Crippen LogP contribution in [0.4, 0.5) is 18.9 Å². The molecule has 0 radical (unpaired) electrons. The lowest BCUT2D eigenvalue weighted by atomic mass is 10.1. The van der Waals surface area contributed by atoms with Crippen molar-refractivity contribution in [3.63, 3.8) is 0 Å². The highest BCUT2D eigenvalue weighted by molar-refractivity contribution is 8.00. The first-order chi connectivity index (χ1) is 12.4. The number of unbranched alkanes of at least 4 members (excludes halogenated alkanes) is 1. The van der Waals surface area contributed by atoms with Crippen LogP contribution in [-0.4, -0.2) is 66.6 Å². The lowest BCUT2D eigenvalue weighted by Crippen LogP contribution is -2.46. The summed E-state index contributed by atoms with van der Waals surface area (Å²) >= 11 is 1.67. The standard InChI is InChI=1S/C18H24F3N3OS.ClH/c19-18(20,21)15-4-3-5-16(12-15)23-10-8-22(9-11-23)6-1-2-7-24-14-26-13-17(24)25;/h3-5,12H,1-2,6-11,13-14H2;1H. The van der Waals surface area contributed by atoms with Gasteiger partial charge in [0.1, 0.15) is 0 Å². The van der Waals surface area contributed by atoms with Crippen LogP contribution < -0.4 is 4.90 Å². The first kappa shape index (κ1) is 22.2. The number of amides is 1. The summed E-state index contributed by atoms with van der Waals surface area (Å²) in [5.74, 6) is 1.66. The van der Waals surface area contributed by atoms with Crippen molar-refractivity contribution in [2.75, 3.05) is 55.8 Å². The third-order valence-electron chi connectivity index (χ3n) is 4.89. The molecule has 4 nitrogen and oxygen atoms in total. The highest BCUT2D eigenvalue weighted by atomic mass is 35.5. The van der Waals surface area contributed by atoms with E-state index in [4.69, 9.17) is 0 Å². The molecule has 2 saturated heterocycles. The second-order valence-electron chi connectivity index (χ2n) is 6.72. The molecule has 1 aromatic carbocycles. The maximum absolute atomic E-state index is 12.9. The third-order valence-corrected chi connectivity index (χ3v) is 5.83. The number of carbonyl (C=O) groups is 1. The van der Waals surface area contributed by atoms with Gasteiger partial charge < -0.3 is 9.80 Å². The van der Waals surface area contributed by atoms with Crippen LogP contribution in [0.15, 0.2) is 24.3 Å². The third kappa shape index (κ3) is 6.19. The van der Waals surface area contributed by atoms with Crippen LogP contribution in [0.25, 0.3) is 0 Å². The van der Waals surface area contributed by atoms with Gasteiger partial charge in [-0.3, -0.25) is 9.69 Å². The molecule has 0 unspecified atom stereocenters. The number of hydrogen-bond donors (Lipinski definition) is 0. The number of benzene rings is 1. The Bertz CT molecular complexity index is 624. The van der Waals surface area contributed by atoms with E-state index >= 15 is 0 Å². The molecule has 0 saturated carbocycles. The number of thioether (sulfide) groups is 1. The van der Waals surface area contributed by atoms with Crippen molar-refractivity contribution in [3.8, 4) is 0 Å². The van der Waals surface area contributed by atoms with Gasteiger partial charge in [-0.1, -0.05) is 6.07 Å². The number of carbonyl (C=O) groups excluding carboxylic acids is 1. The van der Waals surface area contributed by atoms with Gasteiger partial charge in [-0.2, -0.15) is 13.2 Å². The van der Waals surface area contributed by atoms with Gasteiger partial charge in [0.05, 0.1) is 17.2 Å². The summed E-state index contributed by atoms with van der Waals surface area (Å²) in [4.78, 5) is 17.8. The van der Waals surface area contributed by atoms with Gasteiger partial charge in [0, 0.05) is 38.4 Å². The Labute approximate surface area is 168 Å². The van der Waals surface area contributed by atoms with E-state index in [2.05, 4.69) is 4.90 Å². The van der Waals surface area contributed by atoms with E-state index in [0.717, 1.165) is 64.1 Å². The molecule has 0 N–H and O–H groups in total. The molecule has 3 rings (SSSR count). The molecular weight excluding hydrogens is 399 g/mol. The van der Waals surface area contributed by atoms with Crippen LogP contribution in [0.3, 0.4) is 0 Å². The summed E-state index contributed by atoms with van der Waals surface area (Å²) in [6.45, 7) is 5.00. The maximum atomic E-state index is 12.9. The SMILES string of the molecule is Cl.O=C1CSCN1CCCCN1CCN(c2cccc(C(F)(F)F)c2)CC1. The van der Waals surface area contributed by atoms with Gasteiger partial charge in [0.2, 0.25) is 5.91 Å². The predicted octanol–water partition coefficient (Wildman–Crippen LogP) is 3.56. The quantitative estimate of drug-likeness (QED) is 0.654. The largest absolute Gasteiger partial charge is 0.416 e. The van der Waals surface area contributed by atoms with Gasteiger partial charge in [0.25, 0.3) is 0 Å². The van der Waals surface area contributed by atoms with E-state index in [0.29, 0.717) is 11.4 Å². The number of alkyl halides is 3. The fourth-order valence-corrected chi connectivity index (χ4v) is 4.28. The van der Waals surface area contributed by atoms with Crippen LogP contribution in [0.5, 0.6) is 0 Å². The fraction of sp³-hybridized carbons (Fsp3) is 0.611. The molecule has 1 aromatic rings. The van der Waals surface area contributed by atoms with E-state index < -0.39 is 11.7 Å². The van der Waals surface area contributed by atoms with Gasteiger partial charge >= 0.3 is 6.18 Å². The Hall–Kier alpha value is -1.12. The summed E-state index contributed by atoms with van der Waals surface area (Å²) in [6, 6.07) is 5.57. The Morgan fingerprint density at radius 2 is 1.74 bits per heavy atom. The fourth-order valence-electron chi connectivity index (χ4n) is 3.34. The molecule has 152 valence electrons. The van der Waals surface area contributed by atoms with Gasteiger partial charge in [-0.25, -0.2) is 0 Å². The summed E-state index contributed by atoms with van der Waals surface area (Å²) < 4.78 is 38.6. The Morgan fingerprint density at radius 1 is 1.04 bits per heavy atom. The van der Waals surface area contributed by atoms with E-state index in [9.17, 15) is 18.0 Å². The zero-order chi connectivity index (χ0) is 18.6. The lowest BCUT2D eigenvalue weighted by molar-refractivity contribution is -0.137. The number of anilines is 1. The monoisotopic (exact) mass is 423 g/mol. The lowest BCUT2D eigenvalue weighted by Gasteiger charge is -2.36. The van der Waals surface area contributed by atoms with Crippen molar-refractivity contribution >= 4 is 35.8 Å². The van der Waals surface area contributed by atoms with Gasteiger partial charge in [-0.05, 0) is 37.6 Å². The molecule has 27 heavy (non-hydrogen) atoms. The molecule has 2 aliphatic rings. The Balaban J connectivity index is 0.00000261. The summed E-state index contributed by atoms with van der Waals surface area (Å²) in [7, 11) is 0. The average Bonchev–Trinajstić information content (AvgIpc) is 3.04. The predicted molar refractivity (Wildman–Crippen MR) is 106 cm³/mol. The van der Waals surface area contributed by atoms with Crippen molar-refractivity contribution in [1.82, 2.24) is 9.80 Å². The van der Waals surface area contributed by atoms with Crippen LogP contribution in [-0.2, 0) is 11.0 Å². The van der Waals surface area contributed by atoms with Crippen molar-refractivity contribution in [2.45, 2.75) is 19.0 Å². The first-order valence-corrected chi connectivity index (χ1v) is 10.1. The normalized spacial score (nSPS) is 18.7. The second-order valence-corrected chi connectivity index (χ2v) is 7.67. The highest BCUT2D eigenvalue weighted by Gasteiger charge is 2.31. The molecule has 0 aromatic heterocycles. The number of hydrogen-bond acceptors (Lipinski definition) is 4. The molecular formula is C18H25ClF3N3OS. The molecule has 0 atom stereocenters. The summed E-state index contributed by atoms with van der Waals surface area (Å²) in [5.41, 5.74) is 0.0524. The minimum absolute atomic E-state index is 0. The molecule has 2 aliphatic heterocycles. The van der Waals surface area contributed by atoms with E-state index in [1.54, 1.807) is 17.8 Å². The molecule has 2 heterocycles. The number of rotatable bonds is 6. The zero-order valence-corrected chi connectivity index (χ0v) is 16.7. The Kier molecular flexibility index (Phi) is 8.12. The first-order valence-electron chi connectivity index (χ1n) is 8.93. The molecule has 0 bridgehead atoms. The molecule has 1 amide bonds. The molecule has 0 aliphatic carbocycles. The zero-order valence-electron chi connectivity index (χ0n) is 15.1. The van der Waals surface area contributed by atoms with Crippen molar-refractivity contribution in [2.24, 2.45) is 0 Å². The van der Waals surface area contributed by atoms with Gasteiger partial charge in [-0.15, -0.1) is 24.2 Å². The van der Waals surface area contributed by atoms with Crippen LogP contribution in [0, 0.1) is 0 Å². The van der Waals surface area contributed by atoms with Crippen molar-refractivity contribution in [1.29, 1.82) is 0 Å². The summed E-state index contributed by atoms with van der Waals surface area (Å²) in [6.07, 6.45) is -2.26. The second kappa shape index (κ2) is 9.89. The van der Waals surface area contributed by atoms with Crippen LogP contribution in [0.2, 0.25) is 0 Å². The minimum atomic E-state index is -4.30. The highest BCUT2D eigenvalue weighted by Crippen LogP contribution is 2.31. The number of nitrogens with zero attached hydrogens (tertiary/aromatic N) is 3. The van der Waals surface area contributed by atoms with Crippen molar-refractivity contribution in [3.05, 3.63) is 29.8 Å². The Morgan fingerprint density at radius 3 is 2.37 bits per heavy atom. The van der Waals surface area contributed by atoms with Gasteiger partial charge in [0.15, 0.2) is 0 Å². The molecule has 2 fully saturated rings. The topological polar surface area (TPSA) is 26.8 Å². The minimum Gasteiger partial charge on any atom is -0.369 e. The van der Waals surface area contributed by atoms with E-state index in [-0.39, 0.29) is 18.3 Å². The van der Waals surface area contributed by atoms with Crippen LogP contribution in [0.1, 0.15) is 18.4 Å². The van der Waals surface area contributed by atoms with Crippen molar-refractivity contribution < 1.29 is 18.0 Å². The van der Waals surface area contributed by atoms with E-state index in [1.165, 1.54) is 12.1 Å². The van der Waals surface area contributed by atoms with Crippen LogP contribution >= 0.6 is 24.2 Å². The smallest absolute Gasteiger partial charge is 0.369 e. The maximum Gasteiger partial charge on any atom is 0.416 e. The molecule has 9 heteroatoms. The van der Waals surface area contributed by atoms with E-state index in [1.807, 2.05) is 9.80 Å². The number of piperazine rings is 1. The number of halogens is 4. The summed E-state index contributed by atoms with van der Waals surface area (Å²) in [5, 5.41) is 0.